The Kier molecular flexibility index (Phi) is 2.07. The lowest BCUT2D eigenvalue weighted by atomic mass is 9.96. The predicted molar refractivity (Wildman–Crippen MR) is 53.6 cm³/mol. The molecule has 2 heteroatoms. The zero-order valence-electron chi connectivity index (χ0n) is 7.49. The van der Waals surface area contributed by atoms with E-state index in [9.17, 15) is 0 Å². The fourth-order valence-electron chi connectivity index (χ4n) is 1.70. The minimum Gasteiger partial charge on any atom is -0.493 e. The number of rotatable bonds is 1. The first-order valence-electron chi connectivity index (χ1n) is 4.46. The molecule has 0 amide bonds. The van der Waals surface area contributed by atoms with E-state index in [-0.39, 0.29) is 6.04 Å². The van der Waals surface area contributed by atoms with Crippen molar-refractivity contribution in [3.63, 3.8) is 0 Å². The Morgan fingerprint density at radius 2 is 2.38 bits per heavy atom. The topological polar surface area (TPSA) is 35.2 Å². The summed E-state index contributed by atoms with van der Waals surface area (Å²) in [7, 11) is 0. The van der Waals surface area contributed by atoms with E-state index in [0.29, 0.717) is 0 Å². The average Bonchev–Trinajstić information content (AvgIpc) is 2.17. The molecule has 2 rings (SSSR count). The SMILES string of the molecule is C=Cc1cccc2c1[C@H](N)CCO2. The molecule has 2 nitrogen and oxygen atoms in total. The second kappa shape index (κ2) is 3.23. The van der Waals surface area contributed by atoms with Gasteiger partial charge in [0.25, 0.3) is 0 Å². The first kappa shape index (κ1) is 8.32. The van der Waals surface area contributed by atoms with Gasteiger partial charge < -0.3 is 10.5 Å². The third-order valence-electron chi connectivity index (χ3n) is 2.38. The second-order valence-corrected chi connectivity index (χ2v) is 3.21. The molecule has 1 aromatic carbocycles. The molecule has 1 aliphatic rings. The first-order chi connectivity index (χ1) is 6.33. The molecule has 1 atom stereocenters. The van der Waals surface area contributed by atoms with Crippen LogP contribution in [0.5, 0.6) is 5.75 Å². The maximum atomic E-state index is 5.99. The van der Waals surface area contributed by atoms with E-state index in [1.165, 1.54) is 0 Å². The highest BCUT2D eigenvalue weighted by molar-refractivity contribution is 5.58. The van der Waals surface area contributed by atoms with Gasteiger partial charge >= 0.3 is 0 Å². The maximum absolute atomic E-state index is 5.99. The monoisotopic (exact) mass is 175 g/mol. The van der Waals surface area contributed by atoms with Crippen molar-refractivity contribution in [1.29, 1.82) is 0 Å². The molecule has 0 spiro atoms. The molecule has 0 aromatic heterocycles. The molecule has 0 fully saturated rings. The van der Waals surface area contributed by atoms with E-state index in [1.54, 1.807) is 0 Å². The number of nitrogens with two attached hydrogens (primary N) is 1. The normalized spacial score (nSPS) is 20.2. The summed E-state index contributed by atoms with van der Waals surface area (Å²) >= 11 is 0. The summed E-state index contributed by atoms with van der Waals surface area (Å²) < 4.78 is 5.51. The first-order valence-corrected chi connectivity index (χ1v) is 4.46. The third-order valence-corrected chi connectivity index (χ3v) is 2.38. The highest BCUT2D eigenvalue weighted by Crippen LogP contribution is 2.33. The van der Waals surface area contributed by atoms with E-state index in [0.717, 1.165) is 29.9 Å². The fraction of sp³-hybridized carbons (Fsp3) is 0.273. The molecule has 1 aromatic rings. The van der Waals surface area contributed by atoms with Crippen molar-refractivity contribution in [2.75, 3.05) is 6.61 Å². The predicted octanol–water partition coefficient (Wildman–Crippen LogP) is 2.11. The van der Waals surface area contributed by atoms with Crippen LogP contribution >= 0.6 is 0 Å². The van der Waals surface area contributed by atoms with Crippen LogP contribution in [0.3, 0.4) is 0 Å². The van der Waals surface area contributed by atoms with Gasteiger partial charge in [0.05, 0.1) is 6.61 Å². The lowest BCUT2D eigenvalue weighted by molar-refractivity contribution is 0.269. The number of hydrogen-bond acceptors (Lipinski definition) is 2. The summed E-state index contributed by atoms with van der Waals surface area (Å²) in [6.45, 7) is 4.48. The van der Waals surface area contributed by atoms with E-state index in [4.69, 9.17) is 10.5 Å². The van der Waals surface area contributed by atoms with Gasteiger partial charge in [-0.3, -0.25) is 0 Å². The highest BCUT2D eigenvalue weighted by Gasteiger charge is 2.19. The third kappa shape index (κ3) is 1.33. The van der Waals surface area contributed by atoms with Crippen LogP contribution in [0.4, 0.5) is 0 Å². The second-order valence-electron chi connectivity index (χ2n) is 3.21. The van der Waals surface area contributed by atoms with Gasteiger partial charge in [-0.15, -0.1) is 0 Å². The summed E-state index contributed by atoms with van der Waals surface area (Å²) in [5, 5.41) is 0. The van der Waals surface area contributed by atoms with Gasteiger partial charge in [0.1, 0.15) is 5.75 Å². The molecule has 0 saturated heterocycles. The van der Waals surface area contributed by atoms with Gasteiger partial charge in [0.2, 0.25) is 0 Å². The zero-order valence-corrected chi connectivity index (χ0v) is 7.49. The number of ether oxygens (including phenoxy) is 1. The van der Waals surface area contributed by atoms with Crippen molar-refractivity contribution < 1.29 is 4.74 Å². The Labute approximate surface area is 78.0 Å². The Balaban J connectivity index is 2.56. The van der Waals surface area contributed by atoms with E-state index in [2.05, 4.69) is 6.58 Å². The van der Waals surface area contributed by atoms with E-state index >= 15 is 0 Å². The Morgan fingerprint density at radius 3 is 3.15 bits per heavy atom. The molecule has 13 heavy (non-hydrogen) atoms. The van der Waals surface area contributed by atoms with Crippen molar-refractivity contribution in [3.05, 3.63) is 35.9 Å². The summed E-state index contributed by atoms with van der Waals surface area (Å²) in [6, 6.07) is 6.04. The van der Waals surface area contributed by atoms with Crippen molar-refractivity contribution >= 4 is 6.08 Å². The minimum atomic E-state index is 0.0953. The minimum absolute atomic E-state index is 0.0953. The van der Waals surface area contributed by atoms with Gasteiger partial charge in [0.15, 0.2) is 0 Å². The van der Waals surface area contributed by atoms with Crippen LogP contribution in [0.2, 0.25) is 0 Å². The maximum Gasteiger partial charge on any atom is 0.124 e. The Bertz CT molecular complexity index is 333. The quantitative estimate of drug-likeness (QED) is 0.709. The van der Waals surface area contributed by atoms with E-state index < -0.39 is 0 Å². The molecular weight excluding hydrogens is 162 g/mol. The molecule has 0 bridgehead atoms. The van der Waals surface area contributed by atoms with Crippen molar-refractivity contribution in [1.82, 2.24) is 0 Å². The van der Waals surface area contributed by atoms with Crippen LogP contribution in [0.15, 0.2) is 24.8 Å². The molecule has 0 radical (unpaired) electrons. The van der Waals surface area contributed by atoms with Gasteiger partial charge in [-0.2, -0.15) is 0 Å². The van der Waals surface area contributed by atoms with Crippen LogP contribution < -0.4 is 10.5 Å². The largest absolute Gasteiger partial charge is 0.493 e. The molecule has 2 N–H and O–H groups in total. The summed E-state index contributed by atoms with van der Waals surface area (Å²) in [4.78, 5) is 0. The fourth-order valence-corrected chi connectivity index (χ4v) is 1.70. The van der Waals surface area contributed by atoms with Crippen molar-refractivity contribution in [2.45, 2.75) is 12.5 Å². The Hall–Kier alpha value is -1.28. The van der Waals surface area contributed by atoms with Crippen LogP contribution in [-0.4, -0.2) is 6.61 Å². The number of fused-ring (bicyclic) bond motifs is 1. The van der Waals surface area contributed by atoms with Crippen LogP contribution in [-0.2, 0) is 0 Å². The van der Waals surface area contributed by atoms with Crippen molar-refractivity contribution in [3.8, 4) is 5.75 Å². The Morgan fingerprint density at radius 1 is 1.54 bits per heavy atom. The smallest absolute Gasteiger partial charge is 0.124 e. The molecule has 0 saturated carbocycles. The van der Waals surface area contributed by atoms with Gasteiger partial charge in [-0.1, -0.05) is 24.8 Å². The lowest BCUT2D eigenvalue weighted by Crippen LogP contribution is -2.21. The van der Waals surface area contributed by atoms with Gasteiger partial charge in [-0.05, 0) is 11.6 Å². The summed E-state index contributed by atoms with van der Waals surface area (Å²) in [5.74, 6) is 0.913. The molecule has 0 aliphatic carbocycles. The zero-order chi connectivity index (χ0) is 9.26. The van der Waals surface area contributed by atoms with Crippen molar-refractivity contribution in [2.24, 2.45) is 5.73 Å². The lowest BCUT2D eigenvalue weighted by Gasteiger charge is -2.24. The molecule has 0 unspecified atom stereocenters. The van der Waals surface area contributed by atoms with Crippen LogP contribution in [0, 0.1) is 0 Å². The molecule has 1 aliphatic heterocycles. The van der Waals surface area contributed by atoms with Crippen LogP contribution in [0.25, 0.3) is 6.08 Å². The molecular formula is C11H13NO. The standard InChI is InChI=1S/C11H13NO/c1-2-8-4-3-5-10-11(8)9(12)6-7-13-10/h2-5,9H,1,6-7,12H2/t9-/m1/s1. The number of benzene rings is 1. The van der Waals surface area contributed by atoms with Gasteiger partial charge in [0, 0.05) is 18.0 Å². The summed E-state index contributed by atoms with van der Waals surface area (Å²) in [5.41, 5.74) is 8.18. The molecule has 68 valence electrons. The average molecular weight is 175 g/mol. The molecule has 1 heterocycles. The summed E-state index contributed by atoms with van der Waals surface area (Å²) in [6.07, 6.45) is 2.71. The van der Waals surface area contributed by atoms with Crippen LogP contribution in [0.1, 0.15) is 23.6 Å². The highest BCUT2D eigenvalue weighted by atomic mass is 16.5. The van der Waals surface area contributed by atoms with Gasteiger partial charge in [-0.25, -0.2) is 0 Å². The number of hydrogen-bond donors (Lipinski definition) is 1. The van der Waals surface area contributed by atoms with E-state index in [1.807, 2.05) is 24.3 Å².